The molecule has 1 aliphatic heterocycles. The highest BCUT2D eigenvalue weighted by molar-refractivity contribution is 7.98. The molecule has 1 N–H and O–H groups in total. The lowest BCUT2D eigenvalue weighted by atomic mass is 10.1. The predicted molar refractivity (Wildman–Crippen MR) is 73.4 cm³/mol. The van der Waals surface area contributed by atoms with Gasteiger partial charge in [-0.15, -0.1) is 0 Å². The largest absolute Gasteiger partial charge is 0.480 e. The third-order valence-corrected chi connectivity index (χ3v) is 3.68. The number of anilines is 1. The van der Waals surface area contributed by atoms with Gasteiger partial charge in [-0.2, -0.15) is 0 Å². The molecule has 2 rings (SSSR count). The van der Waals surface area contributed by atoms with Crippen LogP contribution < -0.4 is 4.90 Å². The number of carboxylic acid groups (broad SMARTS) is 1. The van der Waals surface area contributed by atoms with Crippen molar-refractivity contribution in [2.75, 3.05) is 24.4 Å². The highest BCUT2D eigenvalue weighted by Gasteiger charge is 2.35. The van der Waals surface area contributed by atoms with E-state index in [1.54, 1.807) is 11.8 Å². The van der Waals surface area contributed by atoms with Gasteiger partial charge in [-0.25, -0.2) is 14.8 Å². The van der Waals surface area contributed by atoms with Crippen molar-refractivity contribution in [3.63, 3.8) is 0 Å². The molecule has 0 aliphatic carbocycles. The molecule has 1 unspecified atom stereocenters. The molecule has 0 spiro atoms. The molecule has 7 nitrogen and oxygen atoms in total. The summed E-state index contributed by atoms with van der Waals surface area (Å²) in [5, 5.41) is 9.75. The van der Waals surface area contributed by atoms with Crippen LogP contribution in [0.15, 0.2) is 11.4 Å². The van der Waals surface area contributed by atoms with E-state index >= 15 is 0 Å². The van der Waals surface area contributed by atoms with Gasteiger partial charge in [-0.3, -0.25) is 4.79 Å². The number of ether oxygens (including phenoxy) is 1. The number of nitrogens with zero attached hydrogens (tertiary/aromatic N) is 3. The Balaban J connectivity index is 2.46. The molecule has 0 saturated carbocycles. The number of carbonyl (C=O) groups is 2. The Morgan fingerprint density at radius 1 is 1.65 bits per heavy atom. The molecule has 1 aliphatic rings. The molecule has 1 fully saturated rings. The molecular formula is C12H15N3O4S. The third kappa shape index (κ3) is 2.75. The first-order chi connectivity index (χ1) is 9.58. The van der Waals surface area contributed by atoms with E-state index in [1.807, 2.05) is 6.26 Å². The highest BCUT2D eigenvalue weighted by Crippen LogP contribution is 2.26. The van der Waals surface area contributed by atoms with Crippen molar-refractivity contribution in [1.29, 1.82) is 0 Å². The summed E-state index contributed by atoms with van der Waals surface area (Å²) in [7, 11) is 0. The van der Waals surface area contributed by atoms with Crippen LogP contribution >= 0.6 is 11.8 Å². The lowest BCUT2D eigenvalue weighted by molar-refractivity contribution is -0.138. The Kier molecular flexibility index (Phi) is 4.56. The van der Waals surface area contributed by atoms with Gasteiger partial charge in [0.05, 0.1) is 24.8 Å². The first-order valence-electron chi connectivity index (χ1n) is 6.03. The number of aromatic nitrogens is 2. The summed E-state index contributed by atoms with van der Waals surface area (Å²) in [6, 6.07) is -0.892. The first kappa shape index (κ1) is 14.7. The molecule has 2 heterocycles. The van der Waals surface area contributed by atoms with Crippen LogP contribution in [0.3, 0.4) is 0 Å². The Morgan fingerprint density at radius 3 is 2.80 bits per heavy atom. The zero-order valence-electron chi connectivity index (χ0n) is 11.1. The summed E-state index contributed by atoms with van der Waals surface area (Å²) in [6.45, 7) is 2.42. The Morgan fingerprint density at radius 2 is 2.35 bits per heavy atom. The maximum absolute atomic E-state index is 11.3. The highest BCUT2D eigenvalue weighted by atomic mass is 32.2. The van der Waals surface area contributed by atoms with E-state index in [9.17, 15) is 14.7 Å². The van der Waals surface area contributed by atoms with Crippen molar-refractivity contribution in [3.8, 4) is 0 Å². The van der Waals surface area contributed by atoms with Crippen molar-refractivity contribution in [2.45, 2.75) is 24.2 Å². The Hall–Kier alpha value is -1.67. The van der Waals surface area contributed by atoms with Crippen molar-refractivity contribution in [3.05, 3.63) is 11.8 Å². The van der Waals surface area contributed by atoms with Crippen LogP contribution in [0.1, 0.15) is 17.3 Å². The number of hydrogen-bond acceptors (Lipinski definition) is 7. The van der Waals surface area contributed by atoms with Gasteiger partial charge in [0.2, 0.25) is 0 Å². The molecule has 1 saturated heterocycles. The van der Waals surface area contributed by atoms with Crippen molar-refractivity contribution >= 4 is 29.8 Å². The summed E-state index contributed by atoms with van der Waals surface area (Å²) in [6.07, 6.45) is 3.87. The van der Waals surface area contributed by atoms with Gasteiger partial charge >= 0.3 is 5.97 Å². The monoisotopic (exact) mass is 297 g/mol. The van der Waals surface area contributed by atoms with Gasteiger partial charge in [0.25, 0.3) is 0 Å². The summed E-state index contributed by atoms with van der Waals surface area (Å²) in [4.78, 5) is 32.4. The van der Waals surface area contributed by atoms with E-state index in [0.29, 0.717) is 30.5 Å². The fourth-order valence-corrected chi connectivity index (χ4v) is 2.27. The summed E-state index contributed by atoms with van der Waals surface area (Å²) in [5.41, 5.74) is 0.280. The van der Waals surface area contributed by atoms with E-state index in [2.05, 4.69) is 9.97 Å². The van der Waals surface area contributed by atoms with E-state index in [-0.39, 0.29) is 11.6 Å². The second-order valence-electron chi connectivity index (χ2n) is 4.37. The van der Waals surface area contributed by atoms with Gasteiger partial charge in [0, 0.05) is 6.20 Å². The number of hydrogen-bond donors (Lipinski definition) is 1. The first-order valence-corrected chi connectivity index (χ1v) is 7.26. The average molecular weight is 297 g/mol. The molecule has 0 radical (unpaired) electrons. The van der Waals surface area contributed by atoms with E-state index in [1.165, 1.54) is 18.0 Å². The maximum atomic E-state index is 11.3. The smallest absolute Gasteiger partial charge is 0.326 e. The topological polar surface area (TPSA) is 92.6 Å². The van der Waals surface area contributed by atoms with Crippen LogP contribution in [0.2, 0.25) is 0 Å². The second kappa shape index (κ2) is 6.19. The maximum Gasteiger partial charge on any atom is 0.326 e. The molecule has 108 valence electrons. The molecule has 8 heteroatoms. The molecule has 1 atom stereocenters. The molecule has 20 heavy (non-hydrogen) atoms. The molecule has 0 aromatic carbocycles. The fraction of sp³-hybridized carbons (Fsp3) is 0.500. The standard InChI is InChI=1S/C12H15N3O4S/c1-7(11(17)18)15(9-5-19-6-9)10-8(4-16)3-13-12(14-10)20-2/h3-4,7,9H,5-6H2,1-2H3,(H,17,18). The zero-order valence-corrected chi connectivity index (χ0v) is 12.0. The third-order valence-electron chi connectivity index (χ3n) is 3.12. The molecule has 1 aromatic rings. The minimum atomic E-state index is -0.974. The number of thioether (sulfide) groups is 1. The van der Waals surface area contributed by atoms with E-state index in [0.717, 1.165) is 0 Å². The van der Waals surface area contributed by atoms with Crippen molar-refractivity contribution in [1.82, 2.24) is 9.97 Å². The number of carbonyl (C=O) groups excluding carboxylic acids is 1. The van der Waals surface area contributed by atoms with E-state index < -0.39 is 12.0 Å². The lowest BCUT2D eigenvalue weighted by Gasteiger charge is -2.40. The average Bonchev–Trinajstić information content (AvgIpc) is 2.41. The lowest BCUT2D eigenvalue weighted by Crippen LogP contribution is -2.55. The molecule has 0 bridgehead atoms. The van der Waals surface area contributed by atoms with Crippen LogP contribution in [0, 0.1) is 0 Å². The normalized spacial score (nSPS) is 16.3. The van der Waals surface area contributed by atoms with Gasteiger partial charge in [0.1, 0.15) is 11.9 Å². The predicted octanol–water partition coefficient (Wildman–Crippen LogP) is 0.689. The number of rotatable bonds is 6. The second-order valence-corrected chi connectivity index (χ2v) is 5.14. The van der Waals surface area contributed by atoms with Crippen LogP contribution in [0.5, 0.6) is 0 Å². The summed E-state index contributed by atoms with van der Waals surface area (Å²) >= 11 is 1.33. The fourth-order valence-electron chi connectivity index (χ4n) is 1.93. The van der Waals surface area contributed by atoms with Gasteiger partial charge in [-0.05, 0) is 13.2 Å². The SMILES string of the molecule is CSc1ncc(C=O)c(N(C2COC2)C(C)C(=O)O)n1. The quantitative estimate of drug-likeness (QED) is 0.466. The van der Waals surface area contributed by atoms with Gasteiger partial charge < -0.3 is 14.7 Å². The van der Waals surface area contributed by atoms with Crippen LogP contribution in [0.4, 0.5) is 5.82 Å². The number of aliphatic carboxylic acids is 1. The molecule has 0 amide bonds. The molecule has 1 aromatic heterocycles. The van der Waals surface area contributed by atoms with E-state index in [4.69, 9.17) is 4.74 Å². The summed E-state index contributed by atoms with van der Waals surface area (Å²) in [5.74, 6) is -0.624. The minimum Gasteiger partial charge on any atom is -0.480 e. The van der Waals surface area contributed by atoms with Crippen LogP contribution in [-0.4, -0.2) is 58.9 Å². The Bertz CT molecular complexity index is 521. The molecular weight excluding hydrogens is 282 g/mol. The summed E-state index contributed by atoms with van der Waals surface area (Å²) < 4.78 is 5.13. The van der Waals surface area contributed by atoms with Crippen molar-refractivity contribution in [2.24, 2.45) is 0 Å². The minimum absolute atomic E-state index is 0.0931. The van der Waals surface area contributed by atoms with Gasteiger partial charge in [-0.1, -0.05) is 11.8 Å². The van der Waals surface area contributed by atoms with Crippen LogP contribution in [-0.2, 0) is 9.53 Å². The van der Waals surface area contributed by atoms with Crippen molar-refractivity contribution < 1.29 is 19.4 Å². The Labute approximate surface area is 120 Å². The number of carboxylic acids is 1. The number of aldehydes is 1. The zero-order chi connectivity index (χ0) is 14.7. The van der Waals surface area contributed by atoms with Crippen LogP contribution in [0.25, 0.3) is 0 Å². The van der Waals surface area contributed by atoms with Gasteiger partial charge in [0.15, 0.2) is 11.4 Å².